The molecule has 28 heavy (non-hydrogen) atoms. The zero-order valence-corrected chi connectivity index (χ0v) is 16.3. The fourth-order valence-corrected chi connectivity index (χ4v) is 4.11. The number of rotatable bonds is 4. The maximum absolute atomic E-state index is 13.1. The second-order valence-electron chi connectivity index (χ2n) is 7.01. The summed E-state index contributed by atoms with van der Waals surface area (Å²) >= 11 is 1.36. The van der Waals surface area contributed by atoms with Crippen molar-refractivity contribution in [1.29, 1.82) is 0 Å². The molecular formula is C20H18N6OS. The Hall–Kier alpha value is -3.13. The zero-order valence-electron chi connectivity index (χ0n) is 15.5. The highest BCUT2D eigenvalue weighted by Crippen LogP contribution is 2.40. The highest BCUT2D eigenvalue weighted by Gasteiger charge is 2.28. The van der Waals surface area contributed by atoms with Gasteiger partial charge in [-0.3, -0.25) is 14.8 Å². The van der Waals surface area contributed by atoms with Crippen molar-refractivity contribution in [3.8, 4) is 10.6 Å². The van der Waals surface area contributed by atoms with E-state index in [1.165, 1.54) is 11.3 Å². The molecule has 0 aliphatic heterocycles. The molecule has 0 atom stereocenters. The average Bonchev–Trinajstić information content (AvgIpc) is 3.39. The SMILES string of the molecule is Cc1nn(C)c2nc(C3CC3)cc(C(=O)Nc3nnc(-c4ccccc4)s3)c12. The highest BCUT2D eigenvalue weighted by molar-refractivity contribution is 7.18. The maximum atomic E-state index is 13.1. The number of carbonyl (C=O) groups is 1. The van der Waals surface area contributed by atoms with E-state index in [9.17, 15) is 4.79 Å². The van der Waals surface area contributed by atoms with Crippen LogP contribution < -0.4 is 5.32 Å². The standard InChI is InChI=1S/C20H18N6OS/c1-11-16-14(10-15(12-8-9-12)21-17(16)26(2)25-11)18(27)22-20-24-23-19(28-20)13-6-4-3-5-7-13/h3-7,10,12H,8-9H2,1-2H3,(H,22,24,27). The van der Waals surface area contributed by atoms with Gasteiger partial charge in [0.2, 0.25) is 5.13 Å². The Morgan fingerprint density at radius 2 is 2.00 bits per heavy atom. The molecule has 7 nitrogen and oxygen atoms in total. The van der Waals surface area contributed by atoms with Crippen molar-refractivity contribution in [2.24, 2.45) is 7.05 Å². The fourth-order valence-electron chi connectivity index (χ4n) is 3.37. The summed E-state index contributed by atoms with van der Waals surface area (Å²) in [6.45, 7) is 1.90. The summed E-state index contributed by atoms with van der Waals surface area (Å²) in [5.41, 5.74) is 4.07. The van der Waals surface area contributed by atoms with Gasteiger partial charge in [-0.05, 0) is 25.8 Å². The zero-order chi connectivity index (χ0) is 19.3. The van der Waals surface area contributed by atoms with Gasteiger partial charge in [-0.15, -0.1) is 10.2 Å². The molecule has 4 aromatic rings. The molecule has 1 saturated carbocycles. The molecule has 1 aromatic carbocycles. The molecule has 5 rings (SSSR count). The van der Waals surface area contributed by atoms with Crippen molar-refractivity contribution >= 4 is 33.4 Å². The van der Waals surface area contributed by atoms with Gasteiger partial charge in [0.1, 0.15) is 5.01 Å². The molecule has 1 aliphatic rings. The van der Waals surface area contributed by atoms with Gasteiger partial charge in [-0.2, -0.15) is 5.10 Å². The lowest BCUT2D eigenvalue weighted by atomic mass is 10.1. The normalized spacial score (nSPS) is 13.8. The van der Waals surface area contributed by atoms with Crippen molar-refractivity contribution in [1.82, 2.24) is 25.0 Å². The molecule has 0 saturated heterocycles. The first-order valence-corrected chi connectivity index (χ1v) is 9.96. The molecule has 3 aromatic heterocycles. The summed E-state index contributed by atoms with van der Waals surface area (Å²) in [7, 11) is 1.86. The van der Waals surface area contributed by atoms with Crippen LogP contribution in [0.3, 0.4) is 0 Å². The summed E-state index contributed by atoms with van der Waals surface area (Å²) < 4.78 is 1.74. The van der Waals surface area contributed by atoms with Gasteiger partial charge in [0.25, 0.3) is 5.91 Å². The number of aromatic nitrogens is 5. The summed E-state index contributed by atoms with van der Waals surface area (Å²) in [4.78, 5) is 17.8. The lowest BCUT2D eigenvalue weighted by Crippen LogP contribution is -2.13. The third-order valence-corrected chi connectivity index (χ3v) is 5.78. The van der Waals surface area contributed by atoms with Crippen LogP contribution in [-0.2, 0) is 7.05 Å². The van der Waals surface area contributed by atoms with E-state index in [-0.39, 0.29) is 5.91 Å². The molecule has 3 heterocycles. The number of anilines is 1. The monoisotopic (exact) mass is 390 g/mol. The molecular weight excluding hydrogens is 372 g/mol. The predicted octanol–water partition coefficient (Wildman–Crippen LogP) is 3.92. The molecule has 0 unspecified atom stereocenters. The number of hydrogen-bond donors (Lipinski definition) is 1. The molecule has 0 radical (unpaired) electrons. The van der Waals surface area contributed by atoms with Gasteiger partial charge < -0.3 is 0 Å². The van der Waals surface area contributed by atoms with Gasteiger partial charge in [0.15, 0.2) is 5.65 Å². The third-order valence-electron chi connectivity index (χ3n) is 4.89. The van der Waals surface area contributed by atoms with E-state index in [4.69, 9.17) is 4.98 Å². The van der Waals surface area contributed by atoms with E-state index in [0.717, 1.165) is 45.8 Å². The highest BCUT2D eigenvalue weighted by atomic mass is 32.1. The lowest BCUT2D eigenvalue weighted by Gasteiger charge is -2.07. The first kappa shape index (κ1) is 17.0. The Morgan fingerprint density at radius 1 is 1.21 bits per heavy atom. The molecule has 0 bridgehead atoms. The summed E-state index contributed by atoms with van der Waals surface area (Å²) in [5.74, 6) is 0.235. The topological polar surface area (TPSA) is 85.6 Å². The van der Waals surface area contributed by atoms with E-state index in [2.05, 4.69) is 20.6 Å². The average molecular weight is 390 g/mol. The number of pyridine rings is 1. The van der Waals surface area contributed by atoms with Crippen molar-refractivity contribution in [3.05, 3.63) is 53.3 Å². The van der Waals surface area contributed by atoms with Crippen molar-refractivity contribution in [2.45, 2.75) is 25.7 Å². The first-order valence-electron chi connectivity index (χ1n) is 9.14. The Kier molecular flexibility index (Phi) is 3.94. The van der Waals surface area contributed by atoms with Crippen LogP contribution in [0.1, 0.15) is 40.5 Å². The summed E-state index contributed by atoms with van der Waals surface area (Å²) in [6.07, 6.45) is 2.24. The maximum Gasteiger partial charge on any atom is 0.258 e. The van der Waals surface area contributed by atoms with Gasteiger partial charge >= 0.3 is 0 Å². The number of hydrogen-bond acceptors (Lipinski definition) is 6. The first-order chi connectivity index (χ1) is 13.6. The summed E-state index contributed by atoms with van der Waals surface area (Å²) in [5, 5.41) is 17.7. The van der Waals surface area contributed by atoms with E-state index >= 15 is 0 Å². The van der Waals surface area contributed by atoms with Crippen LogP contribution in [0.4, 0.5) is 5.13 Å². The van der Waals surface area contributed by atoms with Crippen molar-refractivity contribution in [3.63, 3.8) is 0 Å². The minimum Gasteiger partial charge on any atom is -0.296 e. The fraction of sp³-hybridized carbons (Fsp3) is 0.250. The van der Waals surface area contributed by atoms with Gasteiger partial charge in [0.05, 0.1) is 16.6 Å². The van der Waals surface area contributed by atoms with Crippen LogP contribution >= 0.6 is 11.3 Å². The molecule has 1 aliphatic carbocycles. The number of benzene rings is 1. The van der Waals surface area contributed by atoms with E-state index in [0.29, 0.717) is 16.6 Å². The van der Waals surface area contributed by atoms with Crippen LogP contribution in [0.2, 0.25) is 0 Å². The van der Waals surface area contributed by atoms with E-state index in [1.807, 2.05) is 50.4 Å². The number of fused-ring (bicyclic) bond motifs is 1. The smallest absolute Gasteiger partial charge is 0.258 e. The van der Waals surface area contributed by atoms with Crippen LogP contribution in [0, 0.1) is 6.92 Å². The van der Waals surface area contributed by atoms with Crippen LogP contribution in [0.15, 0.2) is 36.4 Å². The van der Waals surface area contributed by atoms with Crippen molar-refractivity contribution < 1.29 is 4.79 Å². The third kappa shape index (κ3) is 2.95. The Bertz CT molecular complexity index is 1190. The number of nitrogens with one attached hydrogen (secondary N) is 1. The number of nitrogens with zero attached hydrogens (tertiary/aromatic N) is 5. The predicted molar refractivity (Wildman–Crippen MR) is 109 cm³/mol. The minimum absolute atomic E-state index is 0.207. The van der Waals surface area contributed by atoms with E-state index in [1.54, 1.807) is 4.68 Å². The van der Waals surface area contributed by atoms with Crippen LogP contribution in [0.25, 0.3) is 21.6 Å². The van der Waals surface area contributed by atoms with E-state index < -0.39 is 0 Å². The molecule has 1 amide bonds. The molecule has 0 spiro atoms. The Morgan fingerprint density at radius 3 is 2.75 bits per heavy atom. The summed E-state index contributed by atoms with van der Waals surface area (Å²) in [6, 6.07) is 11.7. The molecule has 1 fully saturated rings. The number of aryl methyl sites for hydroxylation is 2. The Labute approximate surface area is 165 Å². The Balaban J connectivity index is 1.50. The van der Waals surface area contributed by atoms with Crippen LogP contribution in [-0.4, -0.2) is 30.9 Å². The largest absolute Gasteiger partial charge is 0.296 e. The number of carbonyl (C=O) groups excluding carboxylic acids is 1. The quantitative estimate of drug-likeness (QED) is 0.571. The van der Waals surface area contributed by atoms with Crippen molar-refractivity contribution in [2.75, 3.05) is 5.32 Å². The molecule has 1 N–H and O–H groups in total. The lowest BCUT2D eigenvalue weighted by molar-refractivity contribution is 0.102. The second-order valence-corrected chi connectivity index (χ2v) is 7.99. The van der Waals surface area contributed by atoms with Gasteiger partial charge in [0, 0.05) is 24.2 Å². The van der Waals surface area contributed by atoms with Gasteiger partial charge in [-0.25, -0.2) is 4.98 Å². The van der Waals surface area contributed by atoms with Crippen LogP contribution in [0.5, 0.6) is 0 Å². The minimum atomic E-state index is -0.207. The number of amides is 1. The molecule has 8 heteroatoms. The van der Waals surface area contributed by atoms with Gasteiger partial charge in [-0.1, -0.05) is 41.7 Å². The molecule has 140 valence electrons. The second kappa shape index (κ2) is 6.49.